The Morgan fingerprint density at radius 3 is 2.70 bits per heavy atom. The van der Waals surface area contributed by atoms with Gasteiger partial charge in [0.15, 0.2) is 0 Å². The van der Waals surface area contributed by atoms with Crippen molar-refractivity contribution in [3.05, 3.63) is 0 Å². The van der Waals surface area contributed by atoms with E-state index in [4.69, 9.17) is 15.2 Å². The molecule has 0 heterocycles. The summed E-state index contributed by atoms with van der Waals surface area (Å²) >= 11 is 0. The molecule has 2 unspecified atom stereocenters. The minimum absolute atomic E-state index is 0.0903. The number of carbonyl (C=O) groups is 1. The van der Waals surface area contributed by atoms with Gasteiger partial charge in [0.05, 0.1) is 19.6 Å². The lowest BCUT2D eigenvalue weighted by atomic mass is 9.86. The Bertz CT molecular complexity index is 322. The maximum Gasteiger partial charge on any atom is 0.391 e. The van der Waals surface area contributed by atoms with Crippen LogP contribution in [0.5, 0.6) is 0 Å². The molecular weight excluding hydrogens is 275 g/mol. The molecule has 0 radical (unpaired) electrons. The first-order chi connectivity index (χ1) is 9.29. The summed E-state index contributed by atoms with van der Waals surface area (Å²) in [6.45, 7) is 1.81. The summed E-state index contributed by atoms with van der Waals surface area (Å²) in [6, 6.07) is 0. The van der Waals surface area contributed by atoms with Gasteiger partial charge < -0.3 is 15.2 Å². The first kappa shape index (κ1) is 17.2. The Kier molecular flexibility index (Phi) is 6.26. The van der Waals surface area contributed by atoms with E-state index < -0.39 is 24.1 Å². The predicted molar refractivity (Wildman–Crippen MR) is 67.0 cm³/mol. The molecule has 0 saturated heterocycles. The van der Waals surface area contributed by atoms with Gasteiger partial charge in [0.25, 0.3) is 0 Å². The summed E-state index contributed by atoms with van der Waals surface area (Å²) in [6.07, 6.45) is -2.52. The Labute approximate surface area is 116 Å². The number of nitrogens with two attached hydrogens (primary N) is 1. The summed E-state index contributed by atoms with van der Waals surface area (Å²) in [5.74, 6) is -0.509. The van der Waals surface area contributed by atoms with E-state index in [1.807, 2.05) is 0 Å². The number of carbonyl (C=O) groups excluding carboxylic acids is 1. The van der Waals surface area contributed by atoms with Crippen LogP contribution < -0.4 is 5.73 Å². The van der Waals surface area contributed by atoms with Gasteiger partial charge in [0.1, 0.15) is 5.54 Å². The first-order valence-electron chi connectivity index (χ1n) is 6.90. The van der Waals surface area contributed by atoms with Crippen LogP contribution in [0.15, 0.2) is 0 Å². The lowest BCUT2D eigenvalue weighted by Gasteiger charge is -2.28. The van der Waals surface area contributed by atoms with Crippen molar-refractivity contribution in [3.63, 3.8) is 0 Å². The fraction of sp³-hybridized carbons (Fsp3) is 0.923. The fourth-order valence-electron chi connectivity index (χ4n) is 2.55. The highest BCUT2D eigenvalue weighted by atomic mass is 19.4. The van der Waals surface area contributed by atoms with Gasteiger partial charge in [0, 0.05) is 6.61 Å². The van der Waals surface area contributed by atoms with Crippen LogP contribution in [-0.2, 0) is 14.3 Å². The van der Waals surface area contributed by atoms with Gasteiger partial charge in [0.2, 0.25) is 0 Å². The molecule has 2 atom stereocenters. The number of rotatable bonds is 7. The topological polar surface area (TPSA) is 61.5 Å². The molecule has 4 nitrogen and oxygen atoms in total. The number of ether oxygens (including phenoxy) is 2. The third kappa shape index (κ3) is 4.94. The van der Waals surface area contributed by atoms with E-state index in [1.54, 1.807) is 6.92 Å². The van der Waals surface area contributed by atoms with Crippen molar-refractivity contribution in [3.8, 4) is 0 Å². The van der Waals surface area contributed by atoms with Crippen molar-refractivity contribution in [2.24, 2.45) is 11.7 Å². The van der Waals surface area contributed by atoms with Crippen LogP contribution in [0.2, 0.25) is 0 Å². The molecule has 1 aliphatic carbocycles. The normalized spacial score (nSPS) is 26.8. The van der Waals surface area contributed by atoms with Gasteiger partial charge in [-0.2, -0.15) is 13.2 Å². The molecule has 20 heavy (non-hydrogen) atoms. The van der Waals surface area contributed by atoms with Crippen molar-refractivity contribution in [2.75, 3.05) is 19.8 Å². The summed E-state index contributed by atoms with van der Waals surface area (Å²) in [5, 5.41) is 0. The molecule has 0 aromatic heterocycles. The molecule has 0 bridgehead atoms. The smallest absolute Gasteiger partial charge is 0.391 e. The lowest BCUT2D eigenvalue weighted by Crippen LogP contribution is -2.52. The largest absolute Gasteiger partial charge is 0.465 e. The van der Waals surface area contributed by atoms with Crippen molar-refractivity contribution in [2.45, 2.75) is 50.7 Å². The fourth-order valence-corrected chi connectivity index (χ4v) is 2.55. The van der Waals surface area contributed by atoms with Gasteiger partial charge in [-0.3, -0.25) is 4.79 Å². The summed E-state index contributed by atoms with van der Waals surface area (Å²) in [4.78, 5) is 11.9. The molecule has 2 N–H and O–H groups in total. The summed E-state index contributed by atoms with van der Waals surface area (Å²) in [7, 11) is 0. The number of hydrogen-bond acceptors (Lipinski definition) is 4. The molecule has 0 amide bonds. The number of esters is 1. The van der Waals surface area contributed by atoms with Crippen LogP contribution >= 0.6 is 0 Å². The van der Waals surface area contributed by atoms with Crippen molar-refractivity contribution < 1.29 is 27.4 Å². The highest BCUT2D eigenvalue weighted by molar-refractivity contribution is 5.81. The van der Waals surface area contributed by atoms with Crippen LogP contribution in [0.25, 0.3) is 0 Å². The Balaban J connectivity index is 2.33. The van der Waals surface area contributed by atoms with Crippen molar-refractivity contribution >= 4 is 5.97 Å². The standard InChI is InChI=1S/C13H22F3NO3/c1-2-20-11(18)12(17)6-3-4-10(12)5-8-19-9-7-13(14,15)16/h10H,2-9,17H2,1H3. The highest BCUT2D eigenvalue weighted by Gasteiger charge is 2.46. The second-order valence-electron chi connectivity index (χ2n) is 5.12. The van der Waals surface area contributed by atoms with E-state index in [0.717, 1.165) is 12.8 Å². The van der Waals surface area contributed by atoms with E-state index in [2.05, 4.69) is 0 Å². The number of alkyl halides is 3. The second-order valence-corrected chi connectivity index (χ2v) is 5.12. The average molecular weight is 297 g/mol. The van der Waals surface area contributed by atoms with E-state index >= 15 is 0 Å². The summed E-state index contributed by atoms with van der Waals surface area (Å²) < 4.78 is 45.8. The van der Waals surface area contributed by atoms with E-state index in [9.17, 15) is 18.0 Å². The van der Waals surface area contributed by atoms with Gasteiger partial charge in [-0.15, -0.1) is 0 Å². The number of hydrogen-bond donors (Lipinski definition) is 1. The third-order valence-corrected chi connectivity index (χ3v) is 3.67. The molecule has 7 heteroatoms. The maximum atomic E-state index is 11.9. The molecular formula is C13H22F3NO3. The zero-order chi connectivity index (χ0) is 15.2. The monoisotopic (exact) mass is 297 g/mol. The average Bonchev–Trinajstić information content (AvgIpc) is 2.71. The molecule has 0 spiro atoms. The zero-order valence-corrected chi connectivity index (χ0v) is 11.7. The summed E-state index contributed by atoms with van der Waals surface area (Å²) in [5.41, 5.74) is 5.10. The highest BCUT2D eigenvalue weighted by Crippen LogP contribution is 2.37. The van der Waals surface area contributed by atoms with Gasteiger partial charge in [-0.05, 0) is 32.1 Å². The van der Waals surface area contributed by atoms with Gasteiger partial charge in [-0.25, -0.2) is 0 Å². The van der Waals surface area contributed by atoms with Crippen molar-refractivity contribution in [1.29, 1.82) is 0 Å². The van der Waals surface area contributed by atoms with E-state index in [1.165, 1.54) is 0 Å². The SMILES string of the molecule is CCOC(=O)C1(N)CCCC1CCOCCC(F)(F)F. The van der Waals surface area contributed by atoms with Gasteiger partial charge in [-0.1, -0.05) is 6.42 Å². The molecule has 1 aliphatic rings. The van der Waals surface area contributed by atoms with Crippen LogP contribution in [0.4, 0.5) is 13.2 Å². The van der Waals surface area contributed by atoms with E-state index in [0.29, 0.717) is 12.8 Å². The molecule has 0 aromatic rings. The van der Waals surface area contributed by atoms with Crippen LogP contribution in [0, 0.1) is 5.92 Å². The zero-order valence-electron chi connectivity index (χ0n) is 11.7. The molecule has 0 aromatic carbocycles. The maximum absolute atomic E-state index is 11.9. The van der Waals surface area contributed by atoms with Crippen LogP contribution in [0.1, 0.15) is 39.0 Å². The second kappa shape index (κ2) is 7.26. The van der Waals surface area contributed by atoms with Crippen molar-refractivity contribution in [1.82, 2.24) is 0 Å². The predicted octanol–water partition coefficient (Wildman–Crippen LogP) is 2.41. The quantitative estimate of drug-likeness (QED) is 0.579. The molecule has 118 valence electrons. The minimum Gasteiger partial charge on any atom is -0.465 e. The lowest BCUT2D eigenvalue weighted by molar-refractivity contribution is -0.151. The Morgan fingerprint density at radius 2 is 2.10 bits per heavy atom. The molecule has 1 fully saturated rings. The Hall–Kier alpha value is -0.820. The van der Waals surface area contributed by atoms with E-state index in [-0.39, 0.29) is 25.7 Å². The Morgan fingerprint density at radius 1 is 1.40 bits per heavy atom. The van der Waals surface area contributed by atoms with Crippen LogP contribution in [-0.4, -0.2) is 37.5 Å². The van der Waals surface area contributed by atoms with Gasteiger partial charge >= 0.3 is 12.1 Å². The minimum atomic E-state index is -4.20. The molecule has 1 saturated carbocycles. The molecule has 1 rings (SSSR count). The molecule has 0 aliphatic heterocycles. The number of halogens is 3. The third-order valence-electron chi connectivity index (χ3n) is 3.67. The first-order valence-corrected chi connectivity index (χ1v) is 6.90. The van der Waals surface area contributed by atoms with Crippen LogP contribution in [0.3, 0.4) is 0 Å².